The van der Waals surface area contributed by atoms with Crippen molar-refractivity contribution < 1.29 is 17.8 Å². The van der Waals surface area contributed by atoms with Crippen molar-refractivity contribution in [1.82, 2.24) is 4.90 Å². The highest BCUT2D eigenvalue weighted by Gasteiger charge is 2.22. The Morgan fingerprint density at radius 2 is 2.06 bits per heavy atom. The van der Waals surface area contributed by atoms with Gasteiger partial charge in [0, 0.05) is 18.7 Å². The fraction of sp³-hybridized carbons (Fsp3) is 0.417. The summed E-state index contributed by atoms with van der Waals surface area (Å²) in [5, 5.41) is 0. The van der Waals surface area contributed by atoms with Gasteiger partial charge in [0.05, 0.1) is 4.90 Å². The number of nitrogens with zero attached hydrogens (tertiary/aromatic N) is 1. The molecule has 0 unspecified atom stereocenters. The van der Waals surface area contributed by atoms with Gasteiger partial charge in [-0.15, -0.1) is 0 Å². The summed E-state index contributed by atoms with van der Waals surface area (Å²) < 4.78 is 31.5. The quantitative estimate of drug-likeness (QED) is 0.643. The van der Waals surface area contributed by atoms with Crippen LogP contribution in [-0.2, 0) is 23.1 Å². The molecular weight excluding hydrogens is 254 g/mol. The molecule has 18 heavy (non-hydrogen) atoms. The van der Waals surface area contributed by atoms with E-state index in [-0.39, 0.29) is 10.7 Å². The summed E-state index contributed by atoms with van der Waals surface area (Å²) >= 11 is 0. The van der Waals surface area contributed by atoms with Crippen LogP contribution >= 0.6 is 0 Å². The molecule has 0 amide bonds. The summed E-state index contributed by atoms with van der Waals surface area (Å²) in [6.07, 6.45) is 0.715. The molecular formula is C12H15NO4S. The van der Waals surface area contributed by atoms with Gasteiger partial charge in [0.1, 0.15) is 0 Å². The summed E-state index contributed by atoms with van der Waals surface area (Å²) in [6.45, 7) is 2.82. The molecule has 98 valence electrons. The largest absolute Gasteiger partial charge is 0.302 e. The van der Waals surface area contributed by atoms with Crippen LogP contribution in [0.3, 0.4) is 0 Å². The first-order valence-corrected chi connectivity index (χ1v) is 7.06. The van der Waals surface area contributed by atoms with E-state index < -0.39 is 10.1 Å². The van der Waals surface area contributed by atoms with Gasteiger partial charge in [-0.05, 0) is 43.7 Å². The lowest BCUT2D eigenvalue weighted by Crippen LogP contribution is -2.28. The van der Waals surface area contributed by atoms with E-state index in [9.17, 15) is 13.2 Å². The molecule has 1 heterocycles. The number of ketones is 1. The predicted molar refractivity (Wildman–Crippen MR) is 66.3 cm³/mol. The van der Waals surface area contributed by atoms with Gasteiger partial charge < -0.3 is 4.90 Å². The standard InChI is InChI=1S/C12H15NO4S/c1-8(14)12-6-10(18(15,16)17)5-9-7-13(2)4-3-11(9)12/h5-6H,3-4,7H2,1-2H3,(H,15,16,17). The van der Waals surface area contributed by atoms with Gasteiger partial charge in [-0.3, -0.25) is 9.35 Å². The molecule has 1 N–H and O–H groups in total. The van der Waals surface area contributed by atoms with Crippen molar-refractivity contribution in [3.05, 3.63) is 28.8 Å². The SMILES string of the molecule is CC(=O)c1cc(S(=O)(=O)O)cc2c1CCN(C)C2. The lowest BCUT2D eigenvalue weighted by atomic mass is 9.93. The van der Waals surface area contributed by atoms with E-state index >= 15 is 0 Å². The summed E-state index contributed by atoms with van der Waals surface area (Å²) in [5.74, 6) is -0.179. The number of carbonyl (C=O) groups excluding carboxylic acids is 1. The molecule has 0 fully saturated rings. The van der Waals surface area contributed by atoms with Gasteiger partial charge in [0.2, 0.25) is 0 Å². The Balaban J connectivity index is 2.67. The fourth-order valence-electron chi connectivity index (χ4n) is 2.27. The fourth-order valence-corrected chi connectivity index (χ4v) is 2.83. The number of benzene rings is 1. The molecule has 1 aliphatic rings. The lowest BCUT2D eigenvalue weighted by molar-refractivity contribution is 0.101. The first-order valence-electron chi connectivity index (χ1n) is 5.62. The zero-order valence-corrected chi connectivity index (χ0v) is 11.1. The Kier molecular flexibility index (Phi) is 3.27. The van der Waals surface area contributed by atoms with E-state index in [4.69, 9.17) is 4.55 Å². The van der Waals surface area contributed by atoms with Crippen LogP contribution in [0.2, 0.25) is 0 Å². The Hall–Kier alpha value is -1.24. The third-order valence-corrected chi connectivity index (χ3v) is 4.01. The Morgan fingerprint density at radius 1 is 1.39 bits per heavy atom. The van der Waals surface area contributed by atoms with Crippen LogP contribution in [0, 0.1) is 0 Å². The van der Waals surface area contributed by atoms with Gasteiger partial charge in [-0.1, -0.05) is 0 Å². The van der Waals surface area contributed by atoms with Gasteiger partial charge in [-0.25, -0.2) is 0 Å². The Morgan fingerprint density at radius 3 is 2.61 bits per heavy atom. The van der Waals surface area contributed by atoms with Crippen molar-refractivity contribution in [3.8, 4) is 0 Å². The number of hydrogen-bond donors (Lipinski definition) is 1. The van der Waals surface area contributed by atoms with E-state index in [0.29, 0.717) is 18.5 Å². The number of hydrogen-bond acceptors (Lipinski definition) is 4. The summed E-state index contributed by atoms with van der Waals surface area (Å²) in [4.78, 5) is 13.4. The maximum atomic E-state index is 11.6. The maximum absolute atomic E-state index is 11.6. The Labute approximate surface area is 106 Å². The number of likely N-dealkylation sites (N-methyl/N-ethyl adjacent to an activating group) is 1. The molecule has 0 saturated heterocycles. The normalized spacial score (nSPS) is 16.4. The maximum Gasteiger partial charge on any atom is 0.294 e. The molecule has 0 aliphatic carbocycles. The molecule has 0 atom stereocenters. The van der Waals surface area contributed by atoms with E-state index in [0.717, 1.165) is 17.7 Å². The van der Waals surface area contributed by atoms with Crippen LogP contribution in [0.25, 0.3) is 0 Å². The van der Waals surface area contributed by atoms with Gasteiger partial charge in [-0.2, -0.15) is 8.42 Å². The van der Waals surface area contributed by atoms with Crippen molar-refractivity contribution >= 4 is 15.9 Å². The highest BCUT2D eigenvalue weighted by Crippen LogP contribution is 2.26. The van der Waals surface area contributed by atoms with Crippen LogP contribution < -0.4 is 0 Å². The number of rotatable bonds is 2. The second-order valence-electron chi connectivity index (χ2n) is 4.63. The zero-order chi connectivity index (χ0) is 13.5. The smallest absolute Gasteiger partial charge is 0.294 e. The lowest BCUT2D eigenvalue weighted by Gasteiger charge is -2.26. The average molecular weight is 269 g/mol. The zero-order valence-electron chi connectivity index (χ0n) is 10.3. The molecule has 0 bridgehead atoms. The molecule has 0 spiro atoms. The highest BCUT2D eigenvalue weighted by molar-refractivity contribution is 7.85. The molecule has 1 aromatic carbocycles. The van der Waals surface area contributed by atoms with Crippen LogP contribution in [-0.4, -0.2) is 37.2 Å². The van der Waals surface area contributed by atoms with E-state index in [1.807, 2.05) is 11.9 Å². The average Bonchev–Trinajstić information content (AvgIpc) is 2.25. The first-order chi connectivity index (χ1) is 8.29. The van der Waals surface area contributed by atoms with Gasteiger partial charge in [0.15, 0.2) is 5.78 Å². The van der Waals surface area contributed by atoms with Crippen LogP contribution in [0.1, 0.15) is 28.4 Å². The summed E-state index contributed by atoms with van der Waals surface area (Å²) in [7, 11) is -2.35. The second-order valence-corrected chi connectivity index (χ2v) is 6.05. The van der Waals surface area contributed by atoms with E-state index in [2.05, 4.69) is 0 Å². The Bertz CT molecular complexity index is 607. The molecule has 5 nitrogen and oxygen atoms in total. The topological polar surface area (TPSA) is 74.7 Å². The number of fused-ring (bicyclic) bond motifs is 1. The second kappa shape index (κ2) is 4.46. The minimum absolute atomic E-state index is 0.179. The van der Waals surface area contributed by atoms with E-state index in [1.54, 1.807) is 0 Å². The van der Waals surface area contributed by atoms with Crippen molar-refractivity contribution in [1.29, 1.82) is 0 Å². The van der Waals surface area contributed by atoms with Crippen LogP contribution in [0.15, 0.2) is 17.0 Å². The third-order valence-electron chi connectivity index (χ3n) is 3.18. The van der Waals surface area contributed by atoms with Crippen LogP contribution in [0.5, 0.6) is 0 Å². The van der Waals surface area contributed by atoms with Crippen LogP contribution in [0.4, 0.5) is 0 Å². The van der Waals surface area contributed by atoms with Gasteiger partial charge >= 0.3 is 0 Å². The first kappa shape index (κ1) is 13.2. The minimum atomic E-state index is -4.28. The van der Waals surface area contributed by atoms with Crippen molar-refractivity contribution in [2.75, 3.05) is 13.6 Å². The molecule has 1 aromatic rings. The summed E-state index contributed by atoms with van der Waals surface area (Å²) in [6, 6.07) is 2.72. The molecule has 0 aromatic heterocycles. The molecule has 1 aliphatic heterocycles. The van der Waals surface area contributed by atoms with E-state index in [1.165, 1.54) is 19.1 Å². The predicted octanol–water partition coefficient (Wildman–Crippen LogP) is 1.12. The number of Topliss-reactive ketones (excluding diaryl/α,β-unsaturated/α-hetero) is 1. The van der Waals surface area contributed by atoms with Gasteiger partial charge in [0.25, 0.3) is 10.1 Å². The van der Waals surface area contributed by atoms with Crippen molar-refractivity contribution in [2.24, 2.45) is 0 Å². The monoisotopic (exact) mass is 269 g/mol. The third kappa shape index (κ3) is 2.45. The van der Waals surface area contributed by atoms with Crippen molar-refractivity contribution in [3.63, 3.8) is 0 Å². The molecule has 0 saturated carbocycles. The summed E-state index contributed by atoms with van der Waals surface area (Å²) in [5.41, 5.74) is 2.09. The number of carbonyl (C=O) groups is 1. The van der Waals surface area contributed by atoms with Crippen molar-refractivity contribution in [2.45, 2.75) is 24.8 Å². The molecule has 2 rings (SSSR count). The minimum Gasteiger partial charge on any atom is -0.302 e. The molecule has 0 radical (unpaired) electrons. The highest BCUT2D eigenvalue weighted by atomic mass is 32.2. The molecule has 6 heteroatoms.